The van der Waals surface area contributed by atoms with Gasteiger partial charge in [0.25, 0.3) is 11.5 Å². The number of nitrogens with one attached hydrogen (secondary N) is 1. The Labute approximate surface area is 176 Å². The Morgan fingerprint density at radius 3 is 2.66 bits per heavy atom. The first-order chi connectivity index (χ1) is 14.0. The Hall–Kier alpha value is -2.71. The van der Waals surface area contributed by atoms with Crippen LogP contribution in [0.25, 0.3) is 10.9 Å². The number of carbonyl (C=O) groups excluding carboxylic acids is 1. The van der Waals surface area contributed by atoms with Gasteiger partial charge in [-0.1, -0.05) is 28.1 Å². The summed E-state index contributed by atoms with van der Waals surface area (Å²) >= 11 is 3.37. The molecule has 8 heteroatoms. The van der Waals surface area contributed by atoms with Crippen molar-refractivity contribution >= 4 is 32.7 Å². The van der Waals surface area contributed by atoms with E-state index < -0.39 is 6.10 Å². The van der Waals surface area contributed by atoms with Gasteiger partial charge in [0, 0.05) is 18.1 Å². The van der Waals surface area contributed by atoms with Gasteiger partial charge in [-0.2, -0.15) is 0 Å². The van der Waals surface area contributed by atoms with Crippen LogP contribution in [0.4, 0.5) is 0 Å². The molecule has 0 saturated heterocycles. The monoisotopic (exact) mass is 459 g/mol. The molecular weight excluding hydrogens is 438 g/mol. The van der Waals surface area contributed by atoms with Crippen molar-refractivity contribution in [2.24, 2.45) is 0 Å². The van der Waals surface area contributed by atoms with E-state index in [9.17, 15) is 9.59 Å². The van der Waals surface area contributed by atoms with Gasteiger partial charge in [-0.05, 0) is 43.3 Å². The largest absolute Gasteiger partial charge is 0.481 e. The topological polar surface area (TPSA) is 84.5 Å². The van der Waals surface area contributed by atoms with Gasteiger partial charge in [0.2, 0.25) is 0 Å². The summed E-state index contributed by atoms with van der Waals surface area (Å²) in [6.07, 6.45) is -0.708. The number of nitrogens with zero attached hydrogens (tertiary/aromatic N) is 2. The van der Waals surface area contributed by atoms with E-state index in [2.05, 4.69) is 25.9 Å². The second-order valence-corrected chi connectivity index (χ2v) is 7.41. The predicted octanol–water partition coefficient (Wildman–Crippen LogP) is 3.13. The number of aromatic amines is 1. The SMILES string of the molecule is COCCN(Cc1nc2ccccc2c(=O)[nH]1)C(=O)[C@@H](C)Oc1ccc(Br)cc1. The van der Waals surface area contributed by atoms with Crippen LogP contribution >= 0.6 is 15.9 Å². The number of methoxy groups -OCH3 is 1. The second kappa shape index (κ2) is 9.67. The van der Waals surface area contributed by atoms with Gasteiger partial charge in [0.15, 0.2) is 6.10 Å². The van der Waals surface area contributed by atoms with Crippen LogP contribution in [0.1, 0.15) is 12.7 Å². The maximum atomic E-state index is 13.0. The molecule has 0 bridgehead atoms. The van der Waals surface area contributed by atoms with Crippen LogP contribution in [-0.2, 0) is 16.1 Å². The molecule has 0 unspecified atom stereocenters. The number of rotatable bonds is 8. The molecule has 0 aliphatic rings. The Bertz CT molecular complexity index is 1040. The summed E-state index contributed by atoms with van der Waals surface area (Å²) in [5, 5.41) is 0.512. The van der Waals surface area contributed by atoms with E-state index in [1.165, 1.54) is 0 Å². The predicted molar refractivity (Wildman–Crippen MR) is 114 cm³/mol. The highest BCUT2D eigenvalue weighted by molar-refractivity contribution is 9.10. The second-order valence-electron chi connectivity index (χ2n) is 6.50. The fourth-order valence-electron chi connectivity index (χ4n) is 2.88. The van der Waals surface area contributed by atoms with Gasteiger partial charge in [0.1, 0.15) is 11.6 Å². The smallest absolute Gasteiger partial charge is 0.263 e. The van der Waals surface area contributed by atoms with Crippen molar-refractivity contribution in [2.75, 3.05) is 20.3 Å². The number of aromatic nitrogens is 2. The van der Waals surface area contributed by atoms with Gasteiger partial charge >= 0.3 is 0 Å². The zero-order chi connectivity index (χ0) is 20.8. The molecule has 1 heterocycles. The number of benzene rings is 2. The molecule has 0 aliphatic heterocycles. The van der Waals surface area contributed by atoms with Crippen LogP contribution in [0.3, 0.4) is 0 Å². The molecule has 1 N–H and O–H groups in total. The van der Waals surface area contributed by atoms with Crippen LogP contribution in [0, 0.1) is 0 Å². The molecule has 0 saturated carbocycles. The minimum atomic E-state index is -0.708. The van der Waals surface area contributed by atoms with E-state index in [0.29, 0.717) is 35.6 Å². The molecule has 3 rings (SSSR count). The lowest BCUT2D eigenvalue weighted by Crippen LogP contribution is -2.42. The third kappa shape index (κ3) is 5.42. The van der Waals surface area contributed by atoms with E-state index in [1.54, 1.807) is 49.3 Å². The quantitative estimate of drug-likeness (QED) is 0.559. The zero-order valence-electron chi connectivity index (χ0n) is 16.2. The minimum Gasteiger partial charge on any atom is -0.481 e. The molecule has 2 aromatic carbocycles. The number of carbonyl (C=O) groups is 1. The molecule has 3 aromatic rings. The number of H-pyrrole nitrogens is 1. The summed E-state index contributed by atoms with van der Waals surface area (Å²) in [7, 11) is 1.57. The first-order valence-corrected chi connectivity index (χ1v) is 9.95. The van der Waals surface area contributed by atoms with Crippen LogP contribution in [0.2, 0.25) is 0 Å². The lowest BCUT2D eigenvalue weighted by Gasteiger charge is -2.25. The number of ether oxygens (including phenoxy) is 2. The molecule has 0 aliphatic carbocycles. The minimum absolute atomic E-state index is 0.149. The fourth-order valence-corrected chi connectivity index (χ4v) is 3.15. The molecule has 0 spiro atoms. The Kier molecular flexibility index (Phi) is 7.00. The molecule has 7 nitrogen and oxygen atoms in total. The van der Waals surface area contributed by atoms with E-state index >= 15 is 0 Å². The molecular formula is C21H22BrN3O4. The average Bonchev–Trinajstić information content (AvgIpc) is 2.72. The summed E-state index contributed by atoms with van der Waals surface area (Å²) in [6.45, 7) is 2.55. The van der Waals surface area contributed by atoms with E-state index in [4.69, 9.17) is 9.47 Å². The first-order valence-electron chi connectivity index (χ1n) is 9.16. The summed E-state index contributed by atoms with van der Waals surface area (Å²) in [4.78, 5) is 34.1. The van der Waals surface area contributed by atoms with Crippen LogP contribution in [-0.4, -0.2) is 47.1 Å². The lowest BCUT2D eigenvalue weighted by atomic mass is 10.2. The number of amides is 1. The van der Waals surface area contributed by atoms with Gasteiger partial charge in [-0.15, -0.1) is 0 Å². The van der Waals surface area contributed by atoms with E-state index in [1.807, 2.05) is 18.2 Å². The van der Waals surface area contributed by atoms with Crippen molar-refractivity contribution in [1.29, 1.82) is 0 Å². The highest BCUT2D eigenvalue weighted by Gasteiger charge is 2.23. The maximum absolute atomic E-state index is 13.0. The number of halogens is 1. The van der Waals surface area contributed by atoms with Gasteiger partial charge in [-0.3, -0.25) is 9.59 Å². The van der Waals surface area contributed by atoms with Gasteiger partial charge in [0.05, 0.1) is 24.1 Å². The highest BCUT2D eigenvalue weighted by Crippen LogP contribution is 2.18. The van der Waals surface area contributed by atoms with Crippen molar-refractivity contribution in [3.8, 4) is 5.75 Å². The Morgan fingerprint density at radius 1 is 1.21 bits per heavy atom. The van der Waals surface area contributed by atoms with Crippen LogP contribution < -0.4 is 10.3 Å². The van der Waals surface area contributed by atoms with Crippen molar-refractivity contribution in [3.63, 3.8) is 0 Å². The number of hydrogen-bond donors (Lipinski definition) is 1. The molecule has 0 fully saturated rings. The average molecular weight is 460 g/mol. The van der Waals surface area contributed by atoms with Crippen LogP contribution in [0.5, 0.6) is 5.75 Å². The van der Waals surface area contributed by atoms with Crippen molar-refractivity contribution in [2.45, 2.75) is 19.6 Å². The van der Waals surface area contributed by atoms with Gasteiger partial charge < -0.3 is 19.4 Å². The highest BCUT2D eigenvalue weighted by atomic mass is 79.9. The summed E-state index contributed by atoms with van der Waals surface area (Å²) in [6, 6.07) is 14.4. The number of hydrogen-bond acceptors (Lipinski definition) is 5. The third-order valence-electron chi connectivity index (χ3n) is 4.35. The van der Waals surface area contributed by atoms with Crippen molar-refractivity contribution in [3.05, 3.63) is 69.2 Å². The summed E-state index contributed by atoms with van der Waals surface area (Å²) in [5.41, 5.74) is 0.355. The van der Waals surface area contributed by atoms with Gasteiger partial charge in [-0.25, -0.2) is 4.98 Å². The fraction of sp³-hybridized carbons (Fsp3) is 0.286. The molecule has 152 valence electrons. The van der Waals surface area contributed by atoms with Crippen molar-refractivity contribution in [1.82, 2.24) is 14.9 Å². The van der Waals surface area contributed by atoms with E-state index in [0.717, 1.165) is 4.47 Å². The number of fused-ring (bicyclic) bond motifs is 1. The summed E-state index contributed by atoms with van der Waals surface area (Å²) < 4.78 is 11.8. The zero-order valence-corrected chi connectivity index (χ0v) is 17.8. The van der Waals surface area contributed by atoms with E-state index in [-0.39, 0.29) is 18.0 Å². The Balaban J connectivity index is 1.78. The van der Waals surface area contributed by atoms with Crippen molar-refractivity contribution < 1.29 is 14.3 Å². The molecule has 1 amide bonds. The third-order valence-corrected chi connectivity index (χ3v) is 4.88. The van der Waals surface area contributed by atoms with Crippen LogP contribution in [0.15, 0.2) is 57.8 Å². The molecule has 1 atom stereocenters. The lowest BCUT2D eigenvalue weighted by molar-refractivity contribution is -0.139. The molecule has 29 heavy (non-hydrogen) atoms. The summed E-state index contributed by atoms with van der Waals surface area (Å²) in [5.74, 6) is 0.785. The number of para-hydroxylation sites is 1. The Morgan fingerprint density at radius 2 is 1.93 bits per heavy atom. The standard InChI is InChI=1S/C21H22BrN3O4/c1-14(29-16-9-7-15(22)8-10-16)21(27)25(11-12-28-2)13-19-23-18-6-4-3-5-17(18)20(26)24-19/h3-10,14H,11-13H2,1-2H3,(H,23,24,26)/t14-/m1/s1. The molecule has 1 aromatic heterocycles. The molecule has 0 radical (unpaired) electrons. The first kappa shape index (κ1) is 21.0. The normalized spacial score (nSPS) is 12.0. The maximum Gasteiger partial charge on any atom is 0.263 e.